The molecule has 17 heavy (non-hydrogen) atoms. The highest BCUT2D eigenvalue weighted by molar-refractivity contribution is 7.90. The zero-order valence-corrected chi connectivity index (χ0v) is 10.6. The molecule has 0 saturated carbocycles. The van der Waals surface area contributed by atoms with Gasteiger partial charge >= 0.3 is 0 Å². The van der Waals surface area contributed by atoms with Crippen molar-refractivity contribution in [3.05, 3.63) is 29.8 Å². The second kappa shape index (κ2) is 5.57. The lowest BCUT2D eigenvalue weighted by Gasteiger charge is -2.20. The fourth-order valence-corrected chi connectivity index (χ4v) is 2.17. The number of hydrogen-bond donors (Lipinski definition) is 1. The molecule has 0 fully saturated rings. The summed E-state index contributed by atoms with van der Waals surface area (Å²) < 4.78 is 40.1. The summed E-state index contributed by atoms with van der Waals surface area (Å²) in [4.78, 5) is 0.213. The Balaban J connectivity index is 3.01. The zero-order valence-electron chi connectivity index (χ0n) is 9.76. The summed E-state index contributed by atoms with van der Waals surface area (Å²) in [5.74, 6) is 0. The smallest absolute Gasteiger partial charge is 0.175 e. The van der Waals surface area contributed by atoms with Crippen molar-refractivity contribution >= 4 is 9.84 Å². The van der Waals surface area contributed by atoms with Crippen LogP contribution in [-0.4, -0.2) is 34.5 Å². The van der Waals surface area contributed by atoms with Crippen molar-refractivity contribution < 1.29 is 17.5 Å². The molecule has 0 aromatic heterocycles. The minimum atomic E-state index is -3.22. The Morgan fingerprint density at radius 1 is 1.35 bits per heavy atom. The summed E-state index contributed by atoms with van der Waals surface area (Å²) in [5.41, 5.74) is 6.22. The average molecular weight is 261 g/mol. The number of halogens is 1. The van der Waals surface area contributed by atoms with Gasteiger partial charge in [0.05, 0.1) is 17.0 Å². The van der Waals surface area contributed by atoms with Gasteiger partial charge in [0.1, 0.15) is 6.67 Å². The van der Waals surface area contributed by atoms with Gasteiger partial charge in [0, 0.05) is 13.4 Å². The maximum Gasteiger partial charge on any atom is 0.175 e. The SMILES string of the molecule is CO[C@H](c1ccc(S(C)(=O)=O)cc1)[C@H](N)CF. The number of nitrogens with two attached hydrogens (primary N) is 1. The van der Waals surface area contributed by atoms with Crippen LogP contribution in [0.15, 0.2) is 29.2 Å². The Bertz CT molecular complexity index is 458. The van der Waals surface area contributed by atoms with Crippen LogP contribution in [0, 0.1) is 0 Å². The van der Waals surface area contributed by atoms with Gasteiger partial charge in [-0.15, -0.1) is 0 Å². The molecule has 4 nitrogen and oxygen atoms in total. The van der Waals surface area contributed by atoms with E-state index >= 15 is 0 Å². The molecule has 0 radical (unpaired) electrons. The van der Waals surface area contributed by atoms with E-state index in [1.54, 1.807) is 12.1 Å². The molecule has 2 N–H and O–H groups in total. The van der Waals surface area contributed by atoms with E-state index in [2.05, 4.69) is 0 Å². The van der Waals surface area contributed by atoms with E-state index < -0.39 is 28.7 Å². The summed E-state index contributed by atoms with van der Waals surface area (Å²) in [5, 5.41) is 0. The van der Waals surface area contributed by atoms with Crippen LogP contribution in [0.3, 0.4) is 0 Å². The molecule has 0 heterocycles. The fraction of sp³-hybridized carbons (Fsp3) is 0.455. The highest BCUT2D eigenvalue weighted by atomic mass is 32.2. The van der Waals surface area contributed by atoms with Crippen LogP contribution in [0.4, 0.5) is 4.39 Å². The van der Waals surface area contributed by atoms with E-state index in [9.17, 15) is 12.8 Å². The number of methoxy groups -OCH3 is 1. The summed E-state index contributed by atoms with van der Waals surface area (Å²) in [6, 6.07) is 5.33. The monoisotopic (exact) mass is 261 g/mol. The second-order valence-corrected chi connectivity index (χ2v) is 5.83. The third-order valence-corrected chi connectivity index (χ3v) is 3.59. The van der Waals surface area contributed by atoms with Gasteiger partial charge in [-0.2, -0.15) is 0 Å². The van der Waals surface area contributed by atoms with Gasteiger partial charge < -0.3 is 10.5 Å². The molecule has 1 aromatic carbocycles. The van der Waals surface area contributed by atoms with E-state index in [4.69, 9.17) is 10.5 Å². The van der Waals surface area contributed by atoms with Crippen LogP contribution in [0.1, 0.15) is 11.7 Å². The highest BCUT2D eigenvalue weighted by Gasteiger charge is 2.19. The Kier molecular flexibility index (Phi) is 4.62. The Labute approximate surface area is 101 Å². The van der Waals surface area contributed by atoms with E-state index in [1.165, 1.54) is 19.2 Å². The number of alkyl halides is 1. The summed E-state index contributed by atoms with van der Waals surface area (Å²) >= 11 is 0. The average Bonchev–Trinajstić information content (AvgIpc) is 2.29. The van der Waals surface area contributed by atoms with Crippen molar-refractivity contribution in [2.24, 2.45) is 5.73 Å². The number of benzene rings is 1. The summed E-state index contributed by atoms with van der Waals surface area (Å²) in [6.07, 6.45) is 0.553. The van der Waals surface area contributed by atoms with Crippen molar-refractivity contribution in [1.82, 2.24) is 0 Å². The predicted octanol–water partition coefficient (Wildman–Crippen LogP) is 1.07. The van der Waals surface area contributed by atoms with Gasteiger partial charge in [-0.1, -0.05) is 12.1 Å². The maximum atomic E-state index is 12.5. The maximum absolute atomic E-state index is 12.5. The van der Waals surface area contributed by atoms with Crippen LogP contribution >= 0.6 is 0 Å². The fourth-order valence-electron chi connectivity index (χ4n) is 1.54. The Morgan fingerprint density at radius 3 is 2.24 bits per heavy atom. The molecular weight excluding hydrogens is 245 g/mol. The standard InChI is InChI=1S/C11H16FNO3S/c1-16-11(10(13)7-12)8-3-5-9(6-4-8)17(2,14)15/h3-6,10-11H,7,13H2,1-2H3/t10-,11-/m1/s1. The van der Waals surface area contributed by atoms with Crippen LogP contribution in [-0.2, 0) is 14.6 Å². The van der Waals surface area contributed by atoms with Gasteiger partial charge in [-0.25, -0.2) is 12.8 Å². The largest absolute Gasteiger partial charge is 0.375 e. The van der Waals surface area contributed by atoms with Gasteiger partial charge in [-0.3, -0.25) is 0 Å². The first-order valence-corrected chi connectivity index (χ1v) is 6.93. The number of sulfone groups is 1. The molecule has 0 amide bonds. The third-order valence-electron chi connectivity index (χ3n) is 2.46. The van der Waals surface area contributed by atoms with Crippen LogP contribution in [0.5, 0.6) is 0 Å². The molecule has 96 valence electrons. The molecule has 0 unspecified atom stereocenters. The minimum Gasteiger partial charge on any atom is -0.375 e. The van der Waals surface area contributed by atoms with E-state index in [0.29, 0.717) is 5.56 Å². The first kappa shape index (κ1) is 14.1. The molecule has 0 aliphatic carbocycles. The lowest BCUT2D eigenvalue weighted by molar-refractivity contribution is 0.0720. The van der Waals surface area contributed by atoms with Crippen molar-refractivity contribution in [3.8, 4) is 0 Å². The Hall–Kier alpha value is -0.980. The normalized spacial score (nSPS) is 15.5. The molecule has 1 rings (SSSR count). The Morgan fingerprint density at radius 2 is 1.88 bits per heavy atom. The lowest BCUT2D eigenvalue weighted by atomic mass is 10.0. The summed E-state index contributed by atoms with van der Waals surface area (Å²) in [7, 11) is -1.79. The van der Waals surface area contributed by atoms with Gasteiger partial charge in [0.25, 0.3) is 0 Å². The number of ether oxygens (including phenoxy) is 1. The van der Waals surface area contributed by atoms with Gasteiger partial charge in [0.15, 0.2) is 9.84 Å². The molecule has 0 aliphatic rings. The second-order valence-electron chi connectivity index (χ2n) is 3.82. The van der Waals surface area contributed by atoms with Crippen LogP contribution in [0.25, 0.3) is 0 Å². The third kappa shape index (κ3) is 3.49. The van der Waals surface area contributed by atoms with Crippen molar-refractivity contribution in [1.29, 1.82) is 0 Å². The first-order chi connectivity index (χ1) is 7.90. The quantitative estimate of drug-likeness (QED) is 0.861. The molecule has 0 spiro atoms. The van der Waals surface area contributed by atoms with E-state index in [-0.39, 0.29) is 4.90 Å². The van der Waals surface area contributed by atoms with Gasteiger partial charge in [0.2, 0.25) is 0 Å². The molecular formula is C11H16FNO3S. The molecule has 1 aromatic rings. The van der Waals surface area contributed by atoms with Gasteiger partial charge in [-0.05, 0) is 17.7 Å². The molecule has 0 saturated heterocycles. The zero-order chi connectivity index (χ0) is 13.1. The molecule has 0 aliphatic heterocycles. The van der Waals surface area contributed by atoms with Crippen LogP contribution < -0.4 is 5.73 Å². The van der Waals surface area contributed by atoms with E-state index in [0.717, 1.165) is 6.26 Å². The van der Waals surface area contributed by atoms with E-state index in [1.807, 2.05) is 0 Å². The molecule has 0 bridgehead atoms. The van der Waals surface area contributed by atoms with Crippen molar-refractivity contribution in [3.63, 3.8) is 0 Å². The van der Waals surface area contributed by atoms with Crippen molar-refractivity contribution in [2.75, 3.05) is 20.0 Å². The van der Waals surface area contributed by atoms with Crippen LogP contribution in [0.2, 0.25) is 0 Å². The lowest BCUT2D eigenvalue weighted by Crippen LogP contribution is -2.31. The number of rotatable bonds is 5. The topological polar surface area (TPSA) is 69.4 Å². The predicted molar refractivity (Wildman–Crippen MR) is 63.3 cm³/mol. The molecule has 6 heteroatoms. The molecule has 2 atom stereocenters. The number of hydrogen-bond acceptors (Lipinski definition) is 4. The first-order valence-electron chi connectivity index (χ1n) is 5.04. The highest BCUT2D eigenvalue weighted by Crippen LogP contribution is 2.21. The van der Waals surface area contributed by atoms with Crippen molar-refractivity contribution in [2.45, 2.75) is 17.0 Å². The summed E-state index contributed by atoms with van der Waals surface area (Å²) in [6.45, 7) is -0.702. The minimum absolute atomic E-state index is 0.213.